The van der Waals surface area contributed by atoms with Crippen LogP contribution in [-0.2, 0) is 11.3 Å². The van der Waals surface area contributed by atoms with Gasteiger partial charge in [0.1, 0.15) is 0 Å². The molecule has 2 heterocycles. The minimum absolute atomic E-state index is 0.0183. The van der Waals surface area contributed by atoms with Gasteiger partial charge in [-0.2, -0.15) is 0 Å². The third-order valence-electron chi connectivity index (χ3n) is 6.51. The van der Waals surface area contributed by atoms with E-state index >= 15 is 0 Å². The monoisotopic (exact) mass is 427 g/mol. The number of fused-ring (bicyclic) bond motifs is 1. The maximum Gasteiger partial charge on any atom is 0.253 e. The molecule has 0 amide bonds. The Morgan fingerprint density at radius 3 is 2.70 bits per heavy atom. The second kappa shape index (κ2) is 9.48. The van der Waals surface area contributed by atoms with Gasteiger partial charge in [0.05, 0.1) is 12.6 Å². The molecule has 0 spiro atoms. The van der Waals surface area contributed by atoms with Crippen molar-refractivity contribution in [3.05, 3.63) is 45.2 Å². The van der Waals surface area contributed by atoms with Gasteiger partial charge in [-0.1, -0.05) is 25.3 Å². The van der Waals surface area contributed by atoms with Crippen LogP contribution >= 0.6 is 12.2 Å². The van der Waals surface area contributed by atoms with Gasteiger partial charge in [-0.3, -0.25) is 4.79 Å². The third kappa shape index (κ3) is 4.86. The van der Waals surface area contributed by atoms with Crippen LogP contribution in [0, 0.1) is 13.8 Å². The Hall–Kier alpha value is -1.92. The van der Waals surface area contributed by atoms with Gasteiger partial charge >= 0.3 is 0 Å². The van der Waals surface area contributed by atoms with Crippen molar-refractivity contribution in [2.45, 2.75) is 77.5 Å². The van der Waals surface area contributed by atoms with Crippen LogP contribution in [0.3, 0.4) is 0 Å². The number of hydrogen-bond donors (Lipinski definition) is 2. The molecule has 2 aliphatic rings. The minimum Gasteiger partial charge on any atom is -0.376 e. The third-order valence-corrected chi connectivity index (χ3v) is 6.89. The quantitative estimate of drug-likeness (QED) is 0.696. The van der Waals surface area contributed by atoms with Crippen LogP contribution in [0.2, 0.25) is 0 Å². The summed E-state index contributed by atoms with van der Waals surface area (Å²) in [5.74, 6) is 0. The van der Waals surface area contributed by atoms with E-state index in [4.69, 9.17) is 17.0 Å². The lowest BCUT2D eigenvalue weighted by Gasteiger charge is -2.36. The number of aromatic amines is 1. The number of pyridine rings is 1. The van der Waals surface area contributed by atoms with Gasteiger partial charge in [0, 0.05) is 35.7 Å². The molecule has 0 bridgehead atoms. The van der Waals surface area contributed by atoms with Crippen molar-refractivity contribution in [1.29, 1.82) is 0 Å². The SMILES string of the molecule is Cc1cc(C)c2cc(CN(C(=S)NC[C@H]3CCCO3)C3CCCCC3)c(=O)[nH]c2c1. The molecule has 30 heavy (non-hydrogen) atoms. The first-order chi connectivity index (χ1) is 14.5. The average Bonchev–Trinajstić information content (AvgIpc) is 3.25. The van der Waals surface area contributed by atoms with Gasteiger partial charge < -0.3 is 19.9 Å². The summed E-state index contributed by atoms with van der Waals surface area (Å²) in [5, 5.41) is 5.29. The molecule has 2 N–H and O–H groups in total. The Balaban J connectivity index is 1.58. The van der Waals surface area contributed by atoms with E-state index in [0.717, 1.165) is 66.0 Å². The van der Waals surface area contributed by atoms with E-state index in [1.54, 1.807) is 0 Å². The molecule has 6 heteroatoms. The molecule has 2 aromatic rings. The number of nitrogens with one attached hydrogen (secondary N) is 2. The zero-order valence-electron chi connectivity index (χ0n) is 18.1. The zero-order valence-corrected chi connectivity index (χ0v) is 18.9. The predicted molar refractivity (Wildman–Crippen MR) is 126 cm³/mol. The fourth-order valence-electron chi connectivity index (χ4n) is 4.88. The first-order valence-corrected chi connectivity index (χ1v) is 11.7. The van der Waals surface area contributed by atoms with E-state index in [2.05, 4.69) is 41.2 Å². The van der Waals surface area contributed by atoms with Crippen LogP contribution in [0.15, 0.2) is 23.0 Å². The summed E-state index contributed by atoms with van der Waals surface area (Å²) in [4.78, 5) is 18.2. The minimum atomic E-state index is -0.0183. The van der Waals surface area contributed by atoms with Gasteiger partial charge in [0.15, 0.2) is 5.11 Å². The van der Waals surface area contributed by atoms with E-state index in [9.17, 15) is 4.79 Å². The molecule has 1 atom stereocenters. The van der Waals surface area contributed by atoms with Crippen molar-refractivity contribution >= 4 is 28.2 Å². The van der Waals surface area contributed by atoms with Crippen molar-refractivity contribution in [2.75, 3.05) is 13.2 Å². The highest BCUT2D eigenvalue weighted by atomic mass is 32.1. The molecule has 1 aliphatic carbocycles. The van der Waals surface area contributed by atoms with E-state index in [1.165, 1.54) is 24.8 Å². The van der Waals surface area contributed by atoms with Crippen molar-refractivity contribution < 1.29 is 4.74 Å². The normalized spacial score (nSPS) is 19.9. The second-order valence-electron chi connectivity index (χ2n) is 8.91. The molecule has 1 aromatic carbocycles. The molecule has 1 saturated heterocycles. The molecule has 4 rings (SSSR count). The topological polar surface area (TPSA) is 57.4 Å². The lowest BCUT2D eigenvalue weighted by atomic mass is 9.94. The molecule has 1 aliphatic heterocycles. The number of H-pyrrole nitrogens is 1. The van der Waals surface area contributed by atoms with Crippen LogP contribution in [0.1, 0.15) is 61.6 Å². The highest BCUT2D eigenvalue weighted by Crippen LogP contribution is 2.25. The van der Waals surface area contributed by atoms with Gasteiger partial charge in [-0.05, 0) is 75.0 Å². The average molecular weight is 428 g/mol. The van der Waals surface area contributed by atoms with Crippen LogP contribution in [0.25, 0.3) is 10.9 Å². The Morgan fingerprint density at radius 1 is 1.17 bits per heavy atom. The Labute approximate surface area is 184 Å². The summed E-state index contributed by atoms with van der Waals surface area (Å²) in [5.41, 5.74) is 4.01. The lowest BCUT2D eigenvalue weighted by Crippen LogP contribution is -2.48. The van der Waals surface area contributed by atoms with E-state index in [1.807, 2.05) is 6.07 Å². The largest absolute Gasteiger partial charge is 0.376 e. The zero-order chi connectivity index (χ0) is 21.1. The Bertz CT molecular complexity index is 959. The van der Waals surface area contributed by atoms with Crippen molar-refractivity contribution in [1.82, 2.24) is 15.2 Å². The number of aryl methyl sites for hydroxylation is 2. The van der Waals surface area contributed by atoms with E-state index in [-0.39, 0.29) is 11.7 Å². The number of hydrogen-bond acceptors (Lipinski definition) is 3. The Morgan fingerprint density at radius 2 is 1.97 bits per heavy atom. The molecule has 0 radical (unpaired) electrons. The molecule has 162 valence electrons. The molecule has 1 saturated carbocycles. The number of nitrogens with zero attached hydrogens (tertiary/aromatic N) is 1. The fraction of sp³-hybridized carbons (Fsp3) is 0.583. The summed E-state index contributed by atoms with van der Waals surface area (Å²) < 4.78 is 5.74. The van der Waals surface area contributed by atoms with Crippen LogP contribution < -0.4 is 10.9 Å². The van der Waals surface area contributed by atoms with Crippen LogP contribution in [-0.4, -0.2) is 40.3 Å². The highest BCUT2D eigenvalue weighted by molar-refractivity contribution is 7.80. The molecule has 1 aromatic heterocycles. The summed E-state index contributed by atoms with van der Waals surface area (Å²) in [6.07, 6.45) is 8.45. The van der Waals surface area contributed by atoms with Gasteiger partial charge in [-0.15, -0.1) is 0 Å². The van der Waals surface area contributed by atoms with Gasteiger partial charge in [0.2, 0.25) is 0 Å². The molecule has 0 unspecified atom stereocenters. The number of benzene rings is 1. The highest BCUT2D eigenvalue weighted by Gasteiger charge is 2.25. The van der Waals surface area contributed by atoms with Crippen LogP contribution in [0.4, 0.5) is 0 Å². The Kier molecular flexibility index (Phi) is 6.74. The van der Waals surface area contributed by atoms with Gasteiger partial charge in [0.25, 0.3) is 5.56 Å². The summed E-state index contributed by atoms with van der Waals surface area (Å²) in [6, 6.07) is 6.65. The molecular formula is C24H33N3O2S. The maximum absolute atomic E-state index is 12.9. The predicted octanol–water partition coefficient (Wildman–Crippen LogP) is 4.33. The van der Waals surface area contributed by atoms with Crippen molar-refractivity contribution in [3.8, 4) is 0 Å². The standard InChI is InChI=1S/C24H33N3O2S/c1-16-11-17(2)21-13-18(23(28)26-22(21)12-16)15-27(19-7-4-3-5-8-19)24(30)25-14-20-9-6-10-29-20/h11-13,19-20H,3-10,14-15H2,1-2H3,(H,25,30)(H,26,28)/t20-/m1/s1. The van der Waals surface area contributed by atoms with E-state index < -0.39 is 0 Å². The number of ether oxygens (including phenoxy) is 1. The fourth-order valence-corrected chi connectivity index (χ4v) is 5.18. The number of aromatic nitrogens is 1. The smallest absolute Gasteiger partial charge is 0.253 e. The second-order valence-corrected chi connectivity index (χ2v) is 9.29. The maximum atomic E-state index is 12.9. The molecule has 5 nitrogen and oxygen atoms in total. The van der Waals surface area contributed by atoms with Crippen LogP contribution in [0.5, 0.6) is 0 Å². The summed E-state index contributed by atoms with van der Waals surface area (Å²) in [7, 11) is 0. The molecule has 2 fully saturated rings. The van der Waals surface area contributed by atoms with E-state index in [0.29, 0.717) is 12.6 Å². The first kappa shape index (κ1) is 21.3. The first-order valence-electron chi connectivity index (χ1n) is 11.3. The van der Waals surface area contributed by atoms with Gasteiger partial charge in [-0.25, -0.2) is 0 Å². The molecular weight excluding hydrogens is 394 g/mol. The van der Waals surface area contributed by atoms with Crippen molar-refractivity contribution in [3.63, 3.8) is 0 Å². The number of thiocarbonyl (C=S) groups is 1. The van der Waals surface area contributed by atoms with Crippen molar-refractivity contribution in [2.24, 2.45) is 0 Å². The summed E-state index contributed by atoms with van der Waals surface area (Å²) in [6.45, 7) is 6.29. The number of rotatable bonds is 5. The summed E-state index contributed by atoms with van der Waals surface area (Å²) >= 11 is 5.82. The lowest BCUT2D eigenvalue weighted by molar-refractivity contribution is 0.112.